The third-order valence-corrected chi connectivity index (χ3v) is 4.12. The summed E-state index contributed by atoms with van der Waals surface area (Å²) in [5, 5.41) is 10.9. The lowest BCUT2D eigenvalue weighted by atomic mass is 10.2. The predicted molar refractivity (Wildman–Crippen MR) is 103 cm³/mol. The summed E-state index contributed by atoms with van der Waals surface area (Å²) in [7, 11) is 0. The van der Waals surface area contributed by atoms with Gasteiger partial charge in [0.05, 0.1) is 29.3 Å². The lowest BCUT2D eigenvalue weighted by molar-refractivity contribution is 0.632. The molecule has 0 amide bonds. The highest BCUT2D eigenvalue weighted by molar-refractivity contribution is 7.80. The average molecular weight is 354 g/mol. The van der Waals surface area contributed by atoms with E-state index in [1.165, 1.54) is 11.6 Å². The summed E-state index contributed by atoms with van der Waals surface area (Å²) < 4.78 is 15.7. The fourth-order valence-electron chi connectivity index (χ4n) is 2.62. The van der Waals surface area contributed by atoms with E-state index in [0.717, 1.165) is 17.1 Å². The largest absolute Gasteiger partial charge is 0.330 e. The van der Waals surface area contributed by atoms with E-state index in [1.54, 1.807) is 18.2 Å². The van der Waals surface area contributed by atoms with Crippen LogP contribution in [0, 0.1) is 19.7 Å². The van der Waals surface area contributed by atoms with E-state index < -0.39 is 0 Å². The van der Waals surface area contributed by atoms with Gasteiger partial charge in [-0.2, -0.15) is 5.10 Å². The minimum absolute atomic E-state index is 0.329. The van der Waals surface area contributed by atoms with Gasteiger partial charge in [-0.1, -0.05) is 42.5 Å². The van der Waals surface area contributed by atoms with Crippen LogP contribution in [-0.2, 0) is 6.54 Å². The summed E-state index contributed by atoms with van der Waals surface area (Å²) in [6.07, 6.45) is 0. The Hall–Kier alpha value is -2.73. The Morgan fingerprint density at radius 1 is 1.04 bits per heavy atom. The van der Waals surface area contributed by atoms with Crippen LogP contribution in [0.15, 0.2) is 54.6 Å². The molecule has 0 aliphatic rings. The molecule has 0 radical (unpaired) electrons. The number of anilines is 2. The van der Waals surface area contributed by atoms with Crippen LogP contribution >= 0.6 is 12.2 Å². The second-order valence-corrected chi connectivity index (χ2v) is 6.16. The fraction of sp³-hybridized carbons (Fsp3) is 0.158. The first kappa shape index (κ1) is 17.1. The Balaban J connectivity index is 1.74. The van der Waals surface area contributed by atoms with Crippen LogP contribution in [0.4, 0.5) is 15.8 Å². The minimum Gasteiger partial charge on any atom is -0.330 e. The number of hydrogen-bond donors (Lipinski definition) is 2. The van der Waals surface area contributed by atoms with Gasteiger partial charge in [0.25, 0.3) is 0 Å². The number of nitrogens with one attached hydrogen (secondary N) is 2. The topological polar surface area (TPSA) is 41.9 Å². The number of rotatable bonds is 4. The molecule has 2 aromatic carbocycles. The molecule has 0 atom stereocenters. The van der Waals surface area contributed by atoms with Crippen molar-refractivity contribution in [2.75, 3.05) is 10.6 Å². The molecule has 0 aliphatic heterocycles. The van der Waals surface area contributed by atoms with Gasteiger partial charge in [-0.3, -0.25) is 4.68 Å². The van der Waals surface area contributed by atoms with Gasteiger partial charge in [-0.25, -0.2) is 4.39 Å². The van der Waals surface area contributed by atoms with Crippen molar-refractivity contribution in [2.45, 2.75) is 20.4 Å². The molecular formula is C19H19FN4S. The molecule has 6 heteroatoms. The maximum atomic E-state index is 13.7. The maximum Gasteiger partial charge on any atom is 0.175 e. The molecule has 2 N–H and O–H groups in total. The normalized spacial score (nSPS) is 10.5. The van der Waals surface area contributed by atoms with Crippen LogP contribution in [0.3, 0.4) is 0 Å². The third kappa shape index (κ3) is 4.03. The number of thiocarbonyl (C=S) groups is 1. The van der Waals surface area contributed by atoms with Gasteiger partial charge in [-0.05, 0) is 43.8 Å². The second kappa shape index (κ2) is 7.44. The Labute approximate surface area is 151 Å². The van der Waals surface area contributed by atoms with Gasteiger partial charge in [0, 0.05) is 0 Å². The first-order valence-corrected chi connectivity index (χ1v) is 8.36. The molecule has 0 spiro atoms. The number of halogens is 1. The first-order chi connectivity index (χ1) is 12.0. The Bertz CT molecular complexity index is 890. The number of para-hydroxylation sites is 1. The van der Waals surface area contributed by atoms with E-state index in [0.29, 0.717) is 17.3 Å². The van der Waals surface area contributed by atoms with Crippen molar-refractivity contribution >= 4 is 28.7 Å². The molecule has 0 saturated carbocycles. The standard InChI is InChI=1S/C19H19FN4S/c1-13-18(22-19(25)21-17-11-7-6-10-16(17)20)14(2)24(23-13)12-15-8-4-3-5-9-15/h3-11H,12H2,1-2H3,(H2,21,22,25). The average Bonchev–Trinajstić information content (AvgIpc) is 2.85. The molecule has 0 unspecified atom stereocenters. The maximum absolute atomic E-state index is 13.7. The van der Waals surface area contributed by atoms with Crippen LogP contribution in [0.1, 0.15) is 17.0 Å². The summed E-state index contributed by atoms with van der Waals surface area (Å²) in [6, 6.07) is 16.6. The highest BCUT2D eigenvalue weighted by Gasteiger charge is 2.13. The zero-order valence-corrected chi connectivity index (χ0v) is 14.9. The van der Waals surface area contributed by atoms with E-state index in [9.17, 15) is 4.39 Å². The summed E-state index contributed by atoms with van der Waals surface area (Å²) >= 11 is 5.31. The van der Waals surface area contributed by atoms with Gasteiger partial charge in [-0.15, -0.1) is 0 Å². The first-order valence-electron chi connectivity index (χ1n) is 7.95. The number of aryl methyl sites for hydroxylation is 1. The summed E-state index contributed by atoms with van der Waals surface area (Å²) in [5.74, 6) is -0.347. The van der Waals surface area contributed by atoms with Gasteiger partial charge < -0.3 is 10.6 Å². The molecule has 0 aliphatic carbocycles. The summed E-state index contributed by atoms with van der Waals surface area (Å²) in [6.45, 7) is 4.59. The van der Waals surface area contributed by atoms with Crippen molar-refractivity contribution < 1.29 is 4.39 Å². The zero-order valence-electron chi connectivity index (χ0n) is 14.1. The second-order valence-electron chi connectivity index (χ2n) is 5.75. The number of aromatic nitrogens is 2. The van der Waals surface area contributed by atoms with E-state index in [-0.39, 0.29) is 5.82 Å². The molecule has 3 rings (SSSR count). The summed E-state index contributed by atoms with van der Waals surface area (Å²) in [4.78, 5) is 0. The van der Waals surface area contributed by atoms with Crippen LogP contribution < -0.4 is 10.6 Å². The van der Waals surface area contributed by atoms with Gasteiger partial charge in [0.1, 0.15) is 5.82 Å². The van der Waals surface area contributed by atoms with Crippen molar-refractivity contribution in [3.8, 4) is 0 Å². The smallest absolute Gasteiger partial charge is 0.175 e. The van der Waals surface area contributed by atoms with Crippen molar-refractivity contribution in [2.24, 2.45) is 0 Å². The molecule has 0 fully saturated rings. The predicted octanol–water partition coefficient (Wildman–Crippen LogP) is 4.50. The van der Waals surface area contributed by atoms with E-state index in [4.69, 9.17) is 12.2 Å². The third-order valence-electron chi connectivity index (χ3n) is 3.92. The van der Waals surface area contributed by atoms with Gasteiger partial charge in [0.2, 0.25) is 0 Å². The van der Waals surface area contributed by atoms with Crippen LogP contribution in [-0.4, -0.2) is 14.9 Å². The zero-order chi connectivity index (χ0) is 17.8. The monoisotopic (exact) mass is 354 g/mol. The molecule has 1 heterocycles. The molecule has 25 heavy (non-hydrogen) atoms. The molecule has 1 aromatic heterocycles. The molecule has 128 valence electrons. The minimum atomic E-state index is -0.347. The number of nitrogens with zero attached hydrogens (tertiary/aromatic N) is 2. The Morgan fingerprint density at radius 3 is 2.44 bits per heavy atom. The highest BCUT2D eigenvalue weighted by atomic mass is 32.1. The lowest BCUT2D eigenvalue weighted by Gasteiger charge is -2.12. The molecular weight excluding hydrogens is 335 g/mol. The fourth-order valence-corrected chi connectivity index (χ4v) is 2.83. The summed E-state index contributed by atoms with van der Waals surface area (Å²) in [5.41, 5.74) is 4.16. The number of hydrogen-bond acceptors (Lipinski definition) is 2. The number of benzene rings is 2. The van der Waals surface area contributed by atoms with Gasteiger partial charge >= 0.3 is 0 Å². The molecule has 4 nitrogen and oxygen atoms in total. The van der Waals surface area contributed by atoms with Crippen LogP contribution in [0.5, 0.6) is 0 Å². The Kier molecular flexibility index (Phi) is 5.09. The van der Waals surface area contributed by atoms with Crippen LogP contribution in [0.25, 0.3) is 0 Å². The van der Waals surface area contributed by atoms with Crippen molar-refractivity contribution in [3.63, 3.8) is 0 Å². The molecule has 3 aromatic rings. The molecule has 0 bridgehead atoms. The quantitative estimate of drug-likeness (QED) is 0.677. The SMILES string of the molecule is Cc1nn(Cc2ccccc2)c(C)c1NC(=S)Nc1ccccc1F. The van der Waals surface area contributed by atoms with Crippen molar-refractivity contribution in [3.05, 3.63) is 77.4 Å². The van der Waals surface area contributed by atoms with E-state index in [1.807, 2.05) is 36.7 Å². The van der Waals surface area contributed by atoms with Crippen LogP contribution in [0.2, 0.25) is 0 Å². The molecule has 0 saturated heterocycles. The van der Waals surface area contributed by atoms with E-state index >= 15 is 0 Å². The van der Waals surface area contributed by atoms with E-state index in [2.05, 4.69) is 27.9 Å². The van der Waals surface area contributed by atoms with Crippen molar-refractivity contribution in [1.82, 2.24) is 9.78 Å². The lowest BCUT2D eigenvalue weighted by Crippen LogP contribution is -2.20. The Morgan fingerprint density at radius 2 is 1.72 bits per heavy atom. The highest BCUT2D eigenvalue weighted by Crippen LogP contribution is 2.21. The van der Waals surface area contributed by atoms with Crippen molar-refractivity contribution in [1.29, 1.82) is 0 Å². The van der Waals surface area contributed by atoms with Gasteiger partial charge in [0.15, 0.2) is 5.11 Å².